The van der Waals surface area contributed by atoms with Crippen molar-refractivity contribution in [2.45, 2.75) is 12.6 Å². The quantitative estimate of drug-likeness (QED) is 0.401. The predicted molar refractivity (Wildman–Crippen MR) is 111 cm³/mol. The third-order valence-electron chi connectivity index (χ3n) is 4.55. The molecule has 0 saturated heterocycles. The number of halogens is 3. The number of hydrogen-bond acceptors (Lipinski definition) is 4. The maximum Gasteiger partial charge on any atom is 0.490 e. The number of anilines is 1. The molecule has 5 N–H and O–H groups in total. The van der Waals surface area contributed by atoms with E-state index in [4.69, 9.17) is 15.0 Å². The zero-order valence-electron chi connectivity index (χ0n) is 16.7. The highest BCUT2D eigenvalue weighted by Crippen LogP contribution is 2.27. The van der Waals surface area contributed by atoms with E-state index in [2.05, 4.69) is 20.6 Å². The van der Waals surface area contributed by atoms with Gasteiger partial charge in [-0.2, -0.15) is 13.2 Å². The Labute approximate surface area is 184 Å². The topological polar surface area (TPSA) is 144 Å². The first-order valence-corrected chi connectivity index (χ1v) is 9.41. The van der Waals surface area contributed by atoms with Crippen molar-refractivity contribution in [1.29, 1.82) is 0 Å². The molecule has 33 heavy (non-hydrogen) atoms. The molecule has 12 heteroatoms. The van der Waals surface area contributed by atoms with Crippen LogP contribution in [0.2, 0.25) is 0 Å². The van der Waals surface area contributed by atoms with Gasteiger partial charge in [-0.25, -0.2) is 9.59 Å². The molecule has 1 aliphatic heterocycles. The monoisotopic (exact) mass is 462 g/mol. The zero-order valence-corrected chi connectivity index (χ0v) is 16.7. The smallest absolute Gasteiger partial charge is 0.475 e. The molecular formula is C21H17F3N4O5. The van der Waals surface area contributed by atoms with Gasteiger partial charge in [-0.1, -0.05) is 12.1 Å². The number of amides is 2. The van der Waals surface area contributed by atoms with Gasteiger partial charge in [0.25, 0.3) is 5.91 Å². The molecule has 3 aromatic rings. The minimum atomic E-state index is -5.08. The second-order valence-corrected chi connectivity index (χ2v) is 6.82. The number of nitrogens with zero attached hydrogens (tertiary/aromatic N) is 1. The van der Waals surface area contributed by atoms with E-state index in [1.54, 1.807) is 18.3 Å². The van der Waals surface area contributed by atoms with E-state index in [-0.39, 0.29) is 5.91 Å². The summed E-state index contributed by atoms with van der Waals surface area (Å²) in [6.45, 7) is 0.643. The molecule has 3 heterocycles. The Hall–Kier alpha value is -4.35. The number of H-pyrrole nitrogens is 1. The molecule has 0 saturated carbocycles. The predicted octanol–water partition coefficient (Wildman–Crippen LogP) is 3.75. The number of carboxylic acids is 1. The summed E-state index contributed by atoms with van der Waals surface area (Å²) in [5.74, 6) is -2.81. The molecule has 0 atom stereocenters. The number of fused-ring (bicyclic) bond motifs is 1. The number of aliphatic carboxylic acids is 1. The Balaban J connectivity index is 0.000000383. The summed E-state index contributed by atoms with van der Waals surface area (Å²) < 4.78 is 31.7. The van der Waals surface area contributed by atoms with Crippen molar-refractivity contribution in [3.05, 3.63) is 59.9 Å². The second-order valence-electron chi connectivity index (χ2n) is 6.82. The molecular weight excluding hydrogens is 445 g/mol. The summed E-state index contributed by atoms with van der Waals surface area (Å²) in [5.41, 5.74) is 5.59. The van der Waals surface area contributed by atoms with Gasteiger partial charge in [-0.05, 0) is 30.3 Å². The minimum absolute atomic E-state index is 0.0513. The number of carbonyl (C=O) groups excluding carboxylic acids is 1. The highest BCUT2D eigenvalue weighted by Gasteiger charge is 2.38. The molecule has 0 radical (unpaired) electrons. The summed E-state index contributed by atoms with van der Waals surface area (Å²) in [4.78, 5) is 39.2. The van der Waals surface area contributed by atoms with E-state index in [0.717, 1.165) is 34.6 Å². The van der Waals surface area contributed by atoms with Crippen LogP contribution >= 0.6 is 0 Å². The molecule has 1 aromatic carbocycles. The van der Waals surface area contributed by atoms with Crippen LogP contribution in [0.3, 0.4) is 0 Å². The Morgan fingerprint density at radius 3 is 2.27 bits per heavy atom. The molecule has 1 aliphatic rings. The van der Waals surface area contributed by atoms with Gasteiger partial charge in [0.05, 0.1) is 11.3 Å². The van der Waals surface area contributed by atoms with Crippen LogP contribution in [-0.2, 0) is 11.2 Å². The number of aromatic amines is 1. The van der Waals surface area contributed by atoms with Crippen LogP contribution in [-0.4, -0.2) is 50.9 Å². The van der Waals surface area contributed by atoms with Crippen LogP contribution in [0.5, 0.6) is 0 Å². The maximum absolute atomic E-state index is 11.9. The molecule has 2 aromatic heterocycles. The summed E-state index contributed by atoms with van der Waals surface area (Å²) in [6.07, 6.45) is -3.68. The molecule has 172 valence electrons. The van der Waals surface area contributed by atoms with E-state index in [9.17, 15) is 22.8 Å². The van der Waals surface area contributed by atoms with E-state index < -0.39 is 18.2 Å². The number of benzene rings is 1. The fourth-order valence-corrected chi connectivity index (χ4v) is 3.05. The molecule has 0 bridgehead atoms. The zero-order chi connectivity index (χ0) is 24.2. The Morgan fingerprint density at radius 2 is 1.70 bits per heavy atom. The van der Waals surface area contributed by atoms with Gasteiger partial charge in [-0.15, -0.1) is 0 Å². The molecule has 0 unspecified atom stereocenters. The Bertz CT molecular complexity index is 1190. The van der Waals surface area contributed by atoms with Crippen molar-refractivity contribution >= 4 is 23.7 Å². The molecule has 0 aliphatic carbocycles. The van der Waals surface area contributed by atoms with Crippen LogP contribution in [0.4, 0.5) is 23.7 Å². The highest BCUT2D eigenvalue weighted by molar-refractivity contribution is 5.97. The first-order valence-electron chi connectivity index (χ1n) is 9.41. The number of nitrogens with one attached hydrogen (secondary N) is 3. The number of pyridine rings is 1. The first kappa shape index (κ1) is 23.3. The SMILES string of the molecule is O=C(O)C(F)(F)F.O=C(O)Nc1ccc(-c2cc(-c3cc4c([nH]3)CCNC4=O)ccn2)cc1. The number of hydrogen-bond donors (Lipinski definition) is 5. The summed E-state index contributed by atoms with van der Waals surface area (Å²) in [6, 6.07) is 12.7. The van der Waals surface area contributed by atoms with Gasteiger partial charge in [0, 0.05) is 47.4 Å². The number of alkyl halides is 3. The van der Waals surface area contributed by atoms with Crippen LogP contribution in [0.15, 0.2) is 48.7 Å². The average Bonchev–Trinajstić information content (AvgIpc) is 3.20. The van der Waals surface area contributed by atoms with Gasteiger partial charge < -0.3 is 20.5 Å². The second kappa shape index (κ2) is 9.42. The van der Waals surface area contributed by atoms with Gasteiger partial charge in [0.2, 0.25) is 0 Å². The lowest BCUT2D eigenvalue weighted by Crippen LogP contribution is -2.31. The van der Waals surface area contributed by atoms with Crippen LogP contribution in [0.25, 0.3) is 22.5 Å². The normalized spacial score (nSPS) is 12.6. The van der Waals surface area contributed by atoms with Crippen molar-refractivity contribution in [2.24, 2.45) is 0 Å². The van der Waals surface area contributed by atoms with Gasteiger partial charge >= 0.3 is 18.2 Å². The maximum atomic E-state index is 11.9. The third-order valence-corrected chi connectivity index (χ3v) is 4.55. The summed E-state index contributed by atoms with van der Waals surface area (Å²) in [7, 11) is 0. The molecule has 4 rings (SSSR count). The number of carboxylic acid groups (broad SMARTS) is 2. The van der Waals surface area contributed by atoms with Crippen molar-refractivity contribution < 1.29 is 37.8 Å². The van der Waals surface area contributed by atoms with Crippen LogP contribution in [0, 0.1) is 0 Å². The van der Waals surface area contributed by atoms with Gasteiger partial charge in [-0.3, -0.25) is 15.1 Å². The van der Waals surface area contributed by atoms with Crippen LogP contribution in [0.1, 0.15) is 16.1 Å². The number of carbonyl (C=O) groups is 3. The Morgan fingerprint density at radius 1 is 1.03 bits per heavy atom. The minimum Gasteiger partial charge on any atom is -0.475 e. The fourth-order valence-electron chi connectivity index (χ4n) is 3.05. The largest absolute Gasteiger partial charge is 0.490 e. The molecule has 2 amide bonds. The molecule has 0 spiro atoms. The highest BCUT2D eigenvalue weighted by atomic mass is 19.4. The summed E-state index contributed by atoms with van der Waals surface area (Å²) in [5, 5.41) is 21.0. The first-order chi connectivity index (χ1) is 15.5. The number of rotatable bonds is 3. The van der Waals surface area contributed by atoms with Crippen molar-refractivity contribution in [3.8, 4) is 22.5 Å². The Kier molecular flexibility index (Phi) is 6.66. The lowest BCUT2D eigenvalue weighted by Gasteiger charge is -2.11. The molecule has 9 nitrogen and oxygen atoms in total. The lowest BCUT2D eigenvalue weighted by molar-refractivity contribution is -0.192. The summed E-state index contributed by atoms with van der Waals surface area (Å²) >= 11 is 0. The van der Waals surface area contributed by atoms with Crippen LogP contribution < -0.4 is 10.6 Å². The molecule has 0 fully saturated rings. The van der Waals surface area contributed by atoms with Crippen molar-refractivity contribution in [2.75, 3.05) is 11.9 Å². The van der Waals surface area contributed by atoms with Crippen molar-refractivity contribution in [1.82, 2.24) is 15.3 Å². The average molecular weight is 462 g/mol. The number of aromatic nitrogens is 2. The van der Waals surface area contributed by atoms with E-state index >= 15 is 0 Å². The van der Waals surface area contributed by atoms with E-state index in [1.165, 1.54) is 0 Å². The third kappa shape index (κ3) is 5.87. The fraction of sp³-hybridized carbons (Fsp3) is 0.143. The lowest BCUT2D eigenvalue weighted by atomic mass is 10.1. The van der Waals surface area contributed by atoms with Gasteiger partial charge in [0.1, 0.15) is 0 Å². The van der Waals surface area contributed by atoms with Crippen molar-refractivity contribution in [3.63, 3.8) is 0 Å². The van der Waals surface area contributed by atoms with E-state index in [1.807, 2.05) is 30.3 Å². The van der Waals surface area contributed by atoms with Gasteiger partial charge in [0.15, 0.2) is 0 Å². The van der Waals surface area contributed by atoms with E-state index in [0.29, 0.717) is 17.8 Å². The standard InChI is InChI=1S/C19H16N4O3.C2HF3O2/c24-18-14-10-17(23-15(14)6-8-21-18)12-5-7-20-16(9-12)11-1-3-13(4-2-11)22-19(25)26;3-2(4,5)1(6)7/h1-5,7,9-10,22-23H,6,8H2,(H,21,24)(H,25,26);(H,6,7).